The molecule has 2 rings (SSSR count). The molecular formula is C13H25N3O. The van der Waals surface area contributed by atoms with Crippen LogP contribution in [0.2, 0.25) is 0 Å². The van der Waals surface area contributed by atoms with Crippen LogP contribution in [-0.2, 0) is 4.79 Å². The van der Waals surface area contributed by atoms with E-state index in [1.165, 1.54) is 25.7 Å². The van der Waals surface area contributed by atoms with Crippen LogP contribution in [0.5, 0.6) is 0 Å². The predicted molar refractivity (Wildman–Crippen MR) is 68.6 cm³/mol. The Labute approximate surface area is 104 Å². The van der Waals surface area contributed by atoms with Crippen molar-refractivity contribution in [3.05, 3.63) is 0 Å². The molecule has 98 valence electrons. The van der Waals surface area contributed by atoms with Crippen LogP contribution >= 0.6 is 0 Å². The number of hydrogen-bond acceptors (Lipinski definition) is 3. The summed E-state index contributed by atoms with van der Waals surface area (Å²) in [4.78, 5) is 13.8. The van der Waals surface area contributed by atoms with Crippen LogP contribution in [0.4, 0.5) is 0 Å². The summed E-state index contributed by atoms with van der Waals surface area (Å²) in [5, 5.41) is 3.35. The van der Waals surface area contributed by atoms with Gasteiger partial charge in [-0.2, -0.15) is 0 Å². The first-order valence-corrected chi connectivity index (χ1v) is 6.85. The van der Waals surface area contributed by atoms with E-state index >= 15 is 0 Å². The molecule has 2 fully saturated rings. The van der Waals surface area contributed by atoms with Gasteiger partial charge in [0.2, 0.25) is 5.91 Å². The predicted octanol–water partition coefficient (Wildman–Crippen LogP) is 0.713. The Kier molecular flexibility index (Phi) is 4.05. The molecule has 0 aromatic rings. The van der Waals surface area contributed by atoms with Gasteiger partial charge in [-0.1, -0.05) is 6.92 Å². The average molecular weight is 239 g/mol. The average Bonchev–Trinajstić information content (AvgIpc) is 3.04. The highest BCUT2D eigenvalue weighted by molar-refractivity contribution is 5.80. The monoisotopic (exact) mass is 239 g/mol. The fourth-order valence-corrected chi connectivity index (χ4v) is 2.72. The molecule has 17 heavy (non-hydrogen) atoms. The summed E-state index contributed by atoms with van der Waals surface area (Å²) in [5.41, 5.74) is 5.47. The smallest absolute Gasteiger partial charge is 0.235 e. The van der Waals surface area contributed by atoms with Crippen molar-refractivity contribution in [1.29, 1.82) is 0 Å². The van der Waals surface area contributed by atoms with Gasteiger partial charge in [-0.05, 0) is 45.1 Å². The second-order valence-corrected chi connectivity index (χ2v) is 5.87. The van der Waals surface area contributed by atoms with E-state index in [1.807, 2.05) is 0 Å². The van der Waals surface area contributed by atoms with Gasteiger partial charge in [0.15, 0.2) is 0 Å². The van der Waals surface area contributed by atoms with Gasteiger partial charge in [-0.25, -0.2) is 0 Å². The lowest BCUT2D eigenvalue weighted by atomic mass is 9.93. The number of likely N-dealkylation sites (tertiary alicyclic amines) is 1. The molecule has 0 aromatic carbocycles. The lowest BCUT2D eigenvalue weighted by Gasteiger charge is -2.38. The van der Waals surface area contributed by atoms with Gasteiger partial charge in [0, 0.05) is 18.6 Å². The quantitative estimate of drug-likeness (QED) is 0.743. The highest BCUT2D eigenvalue weighted by Gasteiger charge is 2.31. The Balaban J connectivity index is 1.85. The summed E-state index contributed by atoms with van der Waals surface area (Å²) in [6.45, 7) is 6.44. The molecule has 1 amide bonds. The maximum Gasteiger partial charge on any atom is 0.235 e. The minimum absolute atomic E-state index is 0.168. The minimum atomic E-state index is -0.206. The Morgan fingerprint density at radius 3 is 2.65 bits per heavy atom. The van der Waals surface area contributed by atoms with Crippen molar-refractivity contribution in [2.45, 2.75) is 57.7 Å². The van der Waals surface area contributed by atoms with Crippen molar-refractivity contribution < 1.29 is 4.79 Å². The highest BCUT2D eigenvalue weighted by atomic mass is 16.1. The maximum absolute atomic E-state index is 11.4. The number of rotatable bonds is 5. The molecule has 4 heteroatoms. The Hall–Kier alpha value is -0.610. The lowest BCUT2D eigenvalue weighted by Crippen LogP contribution is -2.53. The topological polar surface area (TPSA) is 58.4 Å². The van der Waals surface area contributed by atoms with Crippen molar-refractivity contribution in [1.82, 2.24) is 10.2 Å². The summed E-state index contributed by atoms with van der Waals surface area (Å²) in [6.07, 6.45) is 4.85. The van der Waals surface area contributed by atoms with Gasteiger partial charge in [-0.3, -0.25) is 9.69 Å². The molecule has 1 saturated carbocycles. The fourth-order valence-electron chi connectivity index (χ4n) is 2.72. The van der Waals surface area contributed by atoms with E-state index < -0.39 is 0 Å². The second-order valence-electron chi connectivity index (χ2n) is 5.87. The Bertz CT molecular complexity index is 278. The summed E-state index contributed by atoms with van der Waals surface area (Å²) >= 11 is 0. The largest absolute Gasteiger partial charge is 0.368 e. The van der Waals surface area contributed by atoms with E-state index in [2.05, 4.69) is 24.1 Å². The normalized spacial score (nSPS) is 32.4. The van der Waals surface area contributed by atoms with E-state index in [0.29, 0.717) is 12.1 Å². The van der Waals surface area contributed by atoms with Crippen molar-refractivity contribution in [2.75, 3.05) is 13.1 Å². The van der Waals surface area contributed by atoms with E-state index in [0.717, 1.165) is 19.0 Å². The third-order valence-corrected chi connectivity index (χ3v) is 4.05. The molecule has 1 heterocycles. The number of piperidine rings is 1. The van der Waals surface area contributed by atoms with Crippen molar-refractivity contribution >= 4 is 5.91 Å². The van der Waals surface area contributed by atoms with Crippen LogP contribution in [0.15, 0.2) is 0 Å². The van der Waals surface area contributed by atoms with Crippen LogP contribution in [0.1, 0.15) is 39.5 Å². The van der Waals surface area contributed by atoms with Crippen molar-refractivity contribution in [2.24, 2.45) is 11.7 Å². The SMILES string of the molecule is CC1CCN(CC(NC2CC2)C(N)=O)C(C)C1. The van der Waals surface area contributed by atoms with Crippen LogP contribution in [0, 0.1) is 5.92 Å². The number of amides is 1. The molecule has 3 unspecified atom stereocenters. The molecule has 1 saturated heterocycles. The van der Waals surface area contributed by atoms with Gasteiger partial charge in [0.25, 0.3) is 0 Å². The van der Waals surface area contributed by atoms with Crippen LogP contribution in [0.25, 0.3) is 0 Å². The standard InChI is InChI=1S/C13H25N3O/c1-9-5-6-16(10(2)7-9)8-12(13(14)17)15-11-3-4-11/h9-12,15H,3-8H2,1-2H3,(H2,14,17). The van der Waals surface area contributed by atoms with Crippen molar-refractivity contribution in [3.63, 3.8) is 0 Å². The molecular weight excluding hydrogens is 214 g/mol. The molecule has 0 spiro atoms. The van der Waals surface area contributed by atoms with Crippen LogP contribution in [0.3, 0.4) is 0 Å². The molecule has 2 aliphatic rings. The second kappa shape index (κ2) is 5.36. The number of nitrogens with zero attached hydrogens (tertiary/aromatic N) is 1. The molecule has 4 nitrogen and oxygen atoms in total. The molecule has 0 radical (unpaired) electrons. The zero-order valence-electron chi connectivity index (χ0n) is 11.0. The molecule has 3 N–H and O–H groups in total. The summed E-state index contributed by atoms with van der Waals surface area (Å²) in [7, 11) is 0. The van der Waals surface area contributed by atoms with E-state index in [9.17, 15) is 4.79 Å². The molecule has 3 atom stereocenters. The zero-order chi connectivity index (χ0) is 12.4. The number of carbonyl (C=O) groups excluding carboxylic acids is 1. The summed E-state index contributed by atoms with van der Waals surface area (Å²) in [5.74, 6) is 0.604. The molecule has 1 aliphatic heterocycles. The Morgan fingerprint density at radius 1 is 1.41 bits per heavy atom. The first kappa shape index (κ1) is 12.8. The summed E-state index contributed by atoms with van der Waals surface area (Å²) in [6, 6.07) is 0.937. The first-order chi connectivity index (χ1) is 8.06. The lowest BCUT2D eigenvalue weighted by molar-refractivity contribution is -0.120. The number of nitrogens with two attached hydrogens (primary N) is 1. The zero-order valence-corrected chi connectivity index (χ0v) is 11.0. The number of nitrogens with one attached hydrogen (secondary N) is 1. The Morgan fingerprint density at radius 2 is 2.12 bits per heavy atom. The van der Waals surface area contributed by atoms with E-state index in [-0.39, 0.29) is 11.9 Å². The van der Waals surface area contributed by atoms with Gasteiger partial charge in [-0.15, -0.1) is 0 Å². The number of carbonyl (C=O) groups is 1. The van der Waals surface area contributed by atoms with Crippen LogP contribution in [-0.4, -0.2) is 42.0 Å². The van der Waals surface area contributed by atoms with Gasteiger partial charge < -0.3 is 11.1 Å². The van der Waals surface area contributed by atoms with Crippen molar-refractivity contribution in [3.8, 4) is 0 Å². The maximum atomic E-state index is 11.4. The van der Waals surface area contributed by atoms with E-state index in [1.54, 1.807) is 0 Å². The fraction of sp³-hybridized carbons (Fsp3) is 0.923. The molecule has 1 aliphatic carbocycles. The van der Waals surface area contributed by atoms with Gasteiger partial charge in [0.05, 0.1) is 6.04 Å². The minimum Gasteiger partial charge on any atom is -0.368 e. The highest BCUT2D eigenvalue weighted by Crippen LogP contribution is 2.23. The third-order valence-electron chi connectivity index (χ3n) is 4.05. The molecule has 0 bridgehead atoms. The number of primary amides is 1. The first-order valence-electron chi connectivity index (χ1n) is 6.85. The van der Waals surface area contributed by atoms with Gasteiger partial charge >= 0.3 is 0 Å². The molecule has 0 aromatic heterocycles. The van der Waals surface area contributed by atoms with Gasteiger partial charge in [0.1, 0.15) is 0 Å². The van der Waals surface area contributed by atoms with Crippen LogP contribution < -0.4 is 11.1 Å². The number of hydrogen-bond donors (Lipinski definition) is 2. The van der Waals surface area contributed by atoms with E-state index in [4.69, 9.17) is 5.73 Å². The third kappa shape index (κ3) is 3.68. The summed E-state index contributed by atoms with van der Waals surface area (Å²) < 4.78 is 0.